The number of carbonyl (C=O) groups is 1. The lowest BCUT2D eigenvalue weighted by molar-refractivity contribution is -0.128. The Morgan fingerprint density at radius 2 is 1.42 bits per heavy atom. The van der Waals surface area contributed by atoms with Crippen molar-refractivity contribution in [3.63, 3.8) is 0 Å². The van der Waals surface area contributed by atoms with Gasteiger partial charge < -0.3 is 16.0 Å². The molecule has 3 atom stereocenters. The van der Waals surface area contributed by atoms with Crippen LogP contribution in [0.2, 0.25) is 0 Å². The number of carbonyl (C=O) groups excluding carboxylic acids is 1. The molecule has 5 heteroatoms. The van der Waals surface area contributed by atoms with Gasteiger partial charge in [-0.3, -0.25) is 9.69 Å². The fourth-order valence-corrected chi connectivity index (χ4v) is 4.54. The van der Waals surface area contributed by atoms with E-state index >= 15 is 0 Å². The molecule has 3 saturated heterocycles. The molecule has 3 heterocycles. The standard InChI is InChI=1S/C10H19NO.C8H18N2.C8H17N/c1-8(12)11-6-5-9(7-11)10(2,3)4;1-8(2,3)10-5-4-7(9)6-10;1-8(2,3)7-4-5-9-6-7/h9H,5-7H2,1-4H3;7H,4-6,9H2,1-3H3;7,9H,4-6H2,1-3H3. The Bertz CT molecular complexity index is 535. The largest absolute Gasteiger partial charge is 0.343 e. The second-order valence-corrected chi connectivity index (χ2v) is 13.0. The van der Waals surface area contributed by atoms with Gasteiger partial charge in [-0.1, -0.05) is 41.5 Å². The van der Waals surface area contributed by atoms with Crippen LogP contribution in [0.1, 0.15) is 88.5 Å². The molecule has 0 spiro atoms. The molecule has 1 amide bonds. The lowest BCUT2D eigenvalue weighted by atomic mass is 9.80. The van der Waals surface area contributed by atoms with Gasteiger partial charge in [-0.2, -0.15) is 0 Å². The molecule has 0 saturated carbocycles. The highest BCUT2D eigenvalue weighted by molar-refractivity contribution is 5.73. The highest BCUT2D eigenvalue weighted by atomic mass is 16.2. The molecule has 3 aliphatic rings. The smallest absolute Gasteiger partial charge is 0.219 e. The fourth-order valence-electron chi connectivity index (χ4n) is 4.54. The van der Waals surface area contributed by atoms with E-state index in [1.165, 1.54) is 32.5 Å². The summed E-state index contributed by atoms with van der Waals surface area (Å²) in [5.74, 6) is 1.81. The second kappa shape index (κ2) is 11.5. The van der Waals surface area contributed by atoms with Crippen molar-refractivity contribution in [1.82, 2.24) is 15.1 Å². The average Bonchev–Trinajstić information content (AvgIpc) is 3.35. The van der Waals surface area contributed by atoms with Crippen LogP contribution in [0, 0.1) is 22.7 Å². The van der Waals surface area contributed by atoms with Gasteiger partial charge in [-0.15, -0.1) is 0 Å². The van der Waals surface area contributed by atoms with Crippen LogP contribution >= 0.6 is 0 Å². The molecular weight excluding hydrogens is 384 g/mol. The fraction of sp³-hybridized carbons (Fsp3) is 0.962. The van der Waals surface area contributed by atoms with E-state index < -0.39 is 0 Å². The van der Waals surface area contributed by atoms with Crippen LogP contribution < -0.4 is 11.1 Å². The van der Waals surface area contributed by atoms with Crippen molar-refractivity contribution in [2.45, 2.75) is 100 Å². The lowest BCUT2D eigenvalue weighted by Gasteiger charge is -2.31. The van der Waals surface area contributed by atoms with Gasteiger partial charge in [0, 0.05) is 44.7 Å². The number of rotatable bonds is 0. The van der Waals surface area contributed by atoms with E-state index in [9.17, 15) is 4.79 Å². The summed E-state index contributed by atoms with van der Waals surface area (Å²) in [6.45, 7) is 28.7. The first-order valence-corrected chi connectivity index (χ1v) is 12.5. The van der Waals surface area contributed by atoms with E-state index in [0.29, 0.717) is 28.3 Å². The molecule has 0 aromatic carbocycles. The molecule has 3 unspecified atom stereocenters. The van der Waals surface area contributed by atoms with Gasteiger partial charge in [0.2, 0.25) is 5.91 Å². The summed E-state index contributed by atoms with van der Waals surface area (Å²) in [6, 6.07) is 0.416. The van der Waals surface area contributed by atoms with Crippen LogP contribution in [0.3, 0.4) is 0 Å². The summed E-state index contributed by atoms with van der Waals surface area (Å²) in [5.41, 5.74) is 6.96. The first-order chi connectivity index (χ1) is 14.0. The van der Waals surface area contributed by atoms with E-state index in [-0.39, 0.29) is 5.91 Å². The molecule has 0 aromatic heterocycles. The lowest BCUT2D eigenvalue weighted by Crippen LogP contribution is -2.40. The highest BCUT2D eigenvalue weighted by Gasteiger charge is 2.32. The first kappa shape index (κ1) is 28.4. The molecule has 0 aliphatic carbocycles. The van der Waals surface area contributed by atoms with Gasteiger partial charge in [0.25, 0.3) is 0 Å². The number of amides is 1. The molecule has 5 nitrogen and oxygen atoms in total. The molecule has 3 fully saturated rings. The van der Waals surface area contributed by atoms with Crippen LogP contribution in [0.15, 0.2) is 0 Å². The summed E-state index contributed by atoms with van der Waals surface area (Å²) < 4.78 is 0. The maximum absolute atomic E-state index is 11.0. The van der Waals surface area contributed by atoms with Crippen LogP contribution in [0.5, 0.6) is 0 Å². The van der Waals surface area contributed by atoms with E-state index in [1.807, 2.05) is 4.90 Å². The number of hydrogen-bond donors (Lipinski definition) is 2. The Morgan fingerprint density at radius 3 is 1.65 bits per heavy atom. The van der Waals surface area contributed by atoms with Crippen LogP contribution in [-0.2, 0) is 4.79 Å². The number of hydrogen-bond acceptors (Lipinski definition) is 4. The van der Waals surface area contributed by atoms with Gasteiger partial charge in [-0.05, 0) is 75.8 Å². The third-order valence-corrected chi connectivity index (χ3v) is 7.32. The first-order valence-electron chi connectivity index (χ1n) is 12.5. The molecule has 0 aromatic rings. The minimum Gasteiger partial charge on any atom is -0.343 e. The molecule has 3 N–H and O–H groups in total. The summed E-state index contributed by atoms with van der Waals surface area (Å²) in [5, 5.41) is 3.38. The van der Waals surface area contributed by atoms with E-state index in [0.717, 1.165) is 32.0 Å². The molecule has 3 rings (SSSR count). The highest BCUT2D eigenvalue weighted by Crippen LogP contribution is 2.33. The summed E-state index contributed by atoms with van der Waals surface area (Å²) in [7, 11) is 0. The third-order valence-electron chi connectivity index (χ3n) is 7.32. The molecule has 184 valence electrons. The van der Waals surface area contributed by atoms with Gasteiger partial charge in [0.1, 0.15) is 0 Å². The van der Waals surface area contributed by atoms with Crippen molar-refractivity contribution in [1.29, 1.82) is 0 Å². The zero-order valence-corrected chi connectivity index (χ0v) is 22.5. The second-order valence-electron chi connectivity index (χ2n) is 13.0. The SMILES string of the molecule is CC(=O)N1CCC(C(C)(C)C)C1.CC(C)(C)C1CCNC1.CC(C)(C)N1CCC(N)C1. The predicted octanol–water partition coefficient (Wildman–Crippen LogP) is 4.36. The summed E-state index contributed by atoms with van der Waals surface area (Å²) in [6.07, 6.45) is 3.70. The maximum atomic E-state index is 11.0. The number of nitrogens with two attached hydrogens (primary N) is 1. The zero-order valence-electron chi connectivity index (χ0n) is 22.5. The van der Waals surface area contributed by atoms with Gasteiger partial charge in [-0.25, -0.2) is 0 Å². The Labute approximate surface area is 193 Å². The molecule has 31 heavy (non-hydrogen) atoms. The van der Waals surface area contributed by atoms with Crippen molar-refractivity contribution in [3.05, 3.63) is 0 Å². The minimum absolute atomic E-state index is 0.224. The maximum Gasteiger partial charge on any atom is 0.219 e. The van der Waals surface area contributed by atoms with Crippen molar-refractivity contribution >= 4 is 5.91 Å². The third kappa shape index (κ3) is 10.2. The van der Waals surface area contributed by atoms with E-state index in [4.69, 9.17) is 5.73 Å². The Kier molecular flexibility index (Phi) is 10.5. The molecule has 3 aliphatic heterocycles. The topological polar surface area (TPSA) is 61.6 Å². The Balaban J connectivity index is 0.000000235. The summed E-state index contributed by atoms with van der Waals surface area (Å²) in [4.78, 5) is 15.4. The van der Waals surface area contributed by atoms with Crippen molar-refractivity contribution in [2.24, 2.45) is 28.4 Å². The quantitative estimate of drug-likeness (QED) is 0.590. The monoisotopic (exact) mass is 438 g/mol. The van der Waals surface area contributed by atoms with Gasteiger partial charge >= 0.3 is 0 Å². The number of nitrogens with one attached hydrogen (secondary N) is 1. The molecular formula is C26H54N4O. The van der Waals surface area contributed by atoms with Gasteiger partial charge in [0.05, 0.1) is 0 Å². The van der Waals surface area contributed by atoms with Crippen molar-refractivity contribution < 1.29 is 4.79 Å². The normalized spacial score (nSPS) is 27.5. The minimum atomic E-state index is 0.224. The number of nitrogens with zero attached hydrogens (tertiary/aromatic N) is 2. The number of likely N-dealkylation sites (tertiary alicyclic amines) is 2. The Morgan fingerprint density at radius 1 is 0.839 bits per heavy atom. The van der Waals surface area contributed by atoms with Gasteiger partial charge in [0.15, 0.2) is 0 Å². The van der Waals surface area contributed by atoms with E-state index in [2.05, 4.69) is 72.5 Å². The Hall–Kier alpha value is -0.650. The average molecular weight is 439 g/mol. The van der Waals surface area contributed by atoms with Crippen molar-refractivity contribution in [2.75, 3.05) is 39.3 Å². The zero-order chi connectivity index (χ0) is 24.0. The van der Waals surface area contributed by atoms with Crippen LogP contribution in [0.25, 0.3) is 0 Å². The molecule has 0 bridgehead atoms. The molecule has 0 radical (unpaired) electrons. The van der Waals surface area contributed by atoms with Crippen LogP contribution in [0.4, 0.5) is 0 Å². The van der Waals surface area contributed by atoms with E-state index in [1.54, 1.807) is 6.92 Å². The van der Waals surface area contributed by atoms with Crippen LogP contribution in [-0.4, -0.2) is 66.6 Å². The predicted molar refractivity (Wildman–Crippen MR) is 134 cm³/mol. The van der Waals surface area contributed by atoms with Crippen molar-refractivity contribution in [3.8, 4) is 0 Å². The summed E-state index contributed by atoms with van der Waals surface area (Å²) >= 11 is 0.